The first-order chi connectivity index (χ1) is 12.2. The summed E-state index contributed by atoms with van der Waals surface area (Å²) in [6, 6.07) is -0.230. The van der Waals surface area contributed by atoms with E-state index in [9.17, 15) is 9.36 Å². The van der Waals surface area contributed by atoms with Crippen molar-refractivity contribution in [3.63, 3.8) is 0 Å². The number of hydrogen-bond acceptors (Lipinski definition) is 5. The molecule has 1 rings (SSSR count). The molecule has 8 heteroatoms. The largest absolute Gasteiger partial charge is 0.475 e. The number of unbranched alkanes of at least 4 members (excludes halogenated alkanes) is 9. The first-order valence-electron chi connectivity index (χ1n) is 9.71. The van der Waals surface area contributed by atoms with Gasteiger partial charge in [-0.15, -0.1) is 0 Å². The predicted octanol–water partition coefficient (Wildman–Crippen LogP) is 4.38. The van der Waals surface area contributed by atoms with Crippen LogP contribution in [0.2, 0.25) is 0 Å². The summed E-state index contributed by atoms with van der Waals surface area (Å²) in [6.45, 7) is 3.84. The lowest BCUT2D eigenvalue weighted by molar-refractivity contribution is 0.189. The predicted molar refractivity (Wildman–Crippen MR) is 98.7 cm³/mol. The molecular formula is C17H35N2O5P. The quantitative estimate of drug-likeness (QED) is 0.326. The number of hydrogen-bond donors (Lipinski definition) is 2. The molecule has 7 nitrogen and oxygen atoms in total. The van der Waals surface area contributed by atoms with Crippen molar-refractivity contribution in [3.8, 4) is 0 Å². The second kappa shape index (κ2) is 14.5. The molecular weight excluding hydrogens is 343 g/mol. The summed E-state index contributed by atoms with van der Waals surface area (Å²) in [6.07, 6.45) is 12.8. The third-order valence-electron chi connectivity index (χ3n) is 4.04. The summed E-state index contributed by atoms with van der Waals surface area (Å²) in [5, 5.41) is 5.46. The first kappa shape index (κ1) is 22.4. The van der Waals surface area contributed by atoms with Gasteiger partial charge in [-0.3, -0.25) is 13.6 Å². The maximum Gasteiger partial charge on any atom is 0.475 e. The van der Waals surface area contributed by atoms with Gasteiger partial charge in [0.15, 0.2) is 0 Å². The van der Waals surface area contributed by atoms with E-state index in [4.69, 9.17) is 13.6 Å². The molecule has 0 atom stereocenters. The molecule has 0 radical (unpaired) electrons. The monoisotopic (exact) mass is 378 g/mol. The topological polar surface area (TPSA) is 85.9 Å². The number of carbonyl (C=O) groups excluding carboxylic acids is 1. The van der Waals surface area contributed by atoms with Crippen LogP contribution in [0.1, 0.15) is 71.1 Å². The second-order valence-electron chi connectivity index (χ2n) is 6.31. The van der Waals surface area contributed by atoms with Crippen molar-refractivity contribution in [2.24, 2.45) is 0 Å². The van der Waals surface area contributed by atoms with Crippen molar-refractivity contribution in [2.45, 2.75) is 71.1 Å². The molecule has 1 aliphatic rings. The molecule has 0 aromatic carbocycles. The lowest BCUT2D eigenvalue weighted by Crippen LogP contribution is -2.37. The Labute approximate surface area is 152 Å². The van der Waals surface area contributed by atoms with Crippen molar-refractivity contribution < 1.29 is 22.9 Å². The van der Waals surface area contributed by atoms with Crippen molar-refractivity contribution in [1.82, 2.24) is 10.6 Å². The maximum absolute atomic E-state index is 11.6. The minimum Gasteiger partial charge on any atom is -0.338 e. The van der Waals surface area contributed by atoms with Crippen molar-refractivity contribution in [3.05, 3.63) is 0 Å². The van der Waals surface area contributed by atoms with Crippen LogP contribution in [-0.4, -0.2) is 38.9 Å². The van der Waals surface area contributed by atoms with Gasteiger partial charge in [-0.25, -0.2) is 9.36 Å². The van der Waals surface area contributed by atoms with E-state index in [0.717, 1.165) is 12.8 Å². The maximum atomic E-state index is 11.6. The van der Waals surface area contributed by atoms with E-state index < -0.39 is 7.82 Å². The zero-order valence-corrected chi connectivity index (χ0v) is 16.5. The lowest BCUT2D eigenvalue weighted by Gasteiger charge is -2.10. The summed E-state index contributed by atoms with van der Waals surface area (Å²) < 4.78 is 26.4. The molecule has 25 heavy (non-hydrogen) atoms. The molecule has 2 amide bonds. The Hall–Kier alpha value is -0.620. The molecule has 1 heterocycles. The van der Waals surface area contributed by atoms with Crippen LogP contribution in [0, 0.1) is 0 Å². The van der Waals surface area contributed by atoms with Gasteiger partial charge in [0.1, 0.15) is 0 Å². The lowest BCUT2D eigenvalue weighted by atomic mass is 10.1. The fourth-order valence-corrected chi connectivity index (χ4v) is 3.74. The first-order valence-corrected chi connectivity index (χ1v) is 11.2. The fourth-order valence-electron chi connectivity index (χ4n) is 2.61. The Kier molecular flexibility index (Phi) is 13.0. The zero-order valence-electron chi connectivity index (χ0n) is 15.6. The summed E-state index contributed by atoms with van der Waals surface area (Å²) in [5.41, 5.74) is 0. The molecule has 0 unspecified atom stereocenters. The van der Waals surface area contributed by atoms with Gasteiger partial charge >= 0.3 is 13.9 Å². The highest BCUT2D eigenvalue weighted by Crippen LogP contribution is 2.52. The Bertz CT molecular complexity index is 385. The van der Waals surface area contributed by atoms with Gasteiger partial charge in [-0.1, -0.05) is 64.7 Å². The number of phosphoric acid groups is 1. The number of nitrogens with one attached hydrogen (secondary N) is 2. The van der Waals surface area contributed by atoms with Gasteiger partial charge in [0.25, 0.3) is 0 Å². The van der Waals surface area contributed by atoms with E-state index in [1.807, 2.05) is 0 Å². The van der Waals surface area contributed by atoms with Crippen LogP contribution in [0.15, 0.2) is 0 Å². The minimum absolute atomic E-state index is 0.100. The number of phosphoric ester groups is 1. The van der Waals surface area contributed by atoms with E-state index in [1.54, 1.807) is 0 Å². The van der Waals surface area contributed by atoms with Crippen LogP contribution in [0.25, 0.3) is 0 Å². The van der Waals surface area contributed by atoms with Gasteiger partial charge in [0, 0.05) is 13.1 Å². The molecule has 1 fully saturated rings. The van der Waals surface area contributed by atoms with Crippen LogP contribution in [0.5, 0.6) is 0 Å². The average Bonchev–Trinajstić information content (AvgIpc) is 3.03. The zero-order chi connectivity index (χ0) is 18.2. The molecule has 0 saturated carbocycles. The van der Waals surface area contributed by atoms with Gasteiger partial charge in [-0.05, 0) is 6.42 Å². The van der Waals surface area contributed by atoms with E-state index >= 15 is 0 Å². The second-order valence-corrected chi connectivity index (χ2v) is 7.98. The average molecular weight is 378 g/mol. The van der Waals surface area contributed by atoms with E-state index in [2.05, 4.69) is 17.6 Å². The Morgan fingerprint density at radius 2 is 1.40 bits per heavy atom. The molecule has 148 valence electrons. The number of urea groups is 1. The summed E-state index contributed by atoms with van der Waals surface area (Å²) in [7, 11) is -3.35. The van der Waals surface area contributed by atoms with Crippen molar-refractivity contribution >= 4 is 13.9 Å². The fraction of sp³-hybridized carbons (Fsp3) is 0.941. The van der Waals surface area contributed by atoms with Crippen LogP contribution < -0.4 is 10.6 Å². The molecule has 0 aromatic rings. The highest BCUT2D eigenvalue weighted by atomic mass is 31.2. The standard InChI is InChI=1S/C17H35N2O5P/c1-2-3-4-5-6-7-8-9-10-11-12-18-17(20)19-13-14-22-25(21)23-15-16-24-25/h2-16H2,1H3,(H2,18,19,20). The summed E-state index contributed by atoms with van der Waals surface area (Å²) in [4.78, 5) is 11.6. The normalized spacial score (nSPS) is 16.0. The van der Waals surface area contributed by atoms with Crippen molar-refractivity contribution in [1.29, 1.82) is 0 Å². The number of amides is 2. The molecule has 0 aliphatic carbocycles. The van der Waals surface area contributed by atoms with E-state index in [0.29, 0.717) is 6.54 Å². The van der Waals surface area contributed by atoms with E-state index in [-0.39, 0.29) is 32.4 Å². The SMILES string of the molecule is CCCCCCCCCCCCNC(=O)NCCOP1(=O)OCCO1. The molecule has 2 N–H and O–H groups in total. The Morgan fingerprint density at radius 1 is 0.880 bits per heavy atom. The Morgan fingerprint density at radius 3 is 2.00 bits per heavy atom. The van der Waals surface area contributed by atoms with E-state index in [1.165, 1.54) is 51.4 Å². The molecule has 1 saturated heterocycles. The van der Waals surface area contributed by atoms with Gasteiger partial charge < -0.3 is 10.6 Å². The van der Waals surface area contributed by atoms with Crippen LogP contribution in [-0.2, 0) is 18.1 Å². The smallest absolute Gasteiger partial charge is 0.338 e. The Balaban J connectivity index is 1.80. The summed E-state index contributed by atoms with van der Waals surface area (Å²) in [5.74, 6) is 0. The number of rotatable bonds is 15. The third-order valence-corrected chi connectivity index (χ3v) is 5.53. The highest BCUT2D eigenvalue weighted by molar-refractivity contribution is 7.48. The molecule has 1 aliphatic heterocycles. The third kappa shape index (κ3) is 12.4. The van der Waals surface area contributed by atoms with Crippen LogP contribution in [0.3, 0.4) is 0 Å². The minimum atomic E-state index is -3.35. The van der Waals surface area contributed by atoms with Gasteiger partial charge in [0.05, 0.1) is 19.8 Å². The van der Waals surface area contributed by atoms with Crippen LogP contribution in [0.4, 0.5) is 4.79 Å². The van der Waals surface area contributed by atoms with Gasteiger partial charge in [-0.2, -0.15) is 0 Å². The molecule has 0 bridgehead atoms. The van der Waals surface area contributed by atoms with Crippen molar-refractivity contribution in [2.75, 3.05) is 32.9 Å². The molecule has 0 aromatic heterocycles. The van der Waals surface area contributed by atoms with Gasteiger partial charge in [0.2, 0.25) is 0 Å². The van der Waals surface area contributed by atoms with Crippen LogP contribution >= 0.6 is 7.82 Å². The molecule has 0 spiro atoms. The number of carbonyl (C=O) groups is 1. The summed E-state index contributed by atoms with van der Waals surface area (Å²) >= 11 is 0. The highest BCUT2D eigenvalue weighted by Gasteiger charge is 2.31.